The number of fused-ring (bicyclic) bond motifs is 1. The van der Waals surface area contributed by atoms with Crippen molar-refractivity contribution in [1.29, 1.82) is 0 Å². The van der Waals surface area contributed by atoms with Gasteiger partial charge in [-0.1, -0.05) is 59.1 Å². The first kappa shape index (κ1) is 23.2. The van der Waals surface area contributed by atoms with E-state index in [2.05, 4.69) is 21.2 Å². The highest BCUT2D eigenvalue weighted by atomic mass is 79.9. The van der Waals surface area contributed by atoms with Crippen LogP contribution in [0.25, 0.3) is 21.9 Å². The Bertz CT molecular complexity index is 1230. The number of aromatic nitrogens is 1. The highest BCUT2D eigenvalue weighted by molar-refractivity contribution is 9.10. The van der Waals surface area contributed by atoms with Crippen LogP contribution in [0.3, 0.4) is 0 Å². The summed E-state index contributed by atoms with van der Waals surface area (Å²) in [5, 5.41) is 4.10. The number of halogens is 1. The molecule has 2 aromatic carbocycles. The molecule has 172 valence electrons. The molecule has 1 N–H and O–H groups in total. The van der Waals surface area contributed by atoms with Crippen LogP contribution in [-0.2, 0) is 16.1 Å². The van der Waals surface area contributed by atoms with Crippen LogP contribution in [-0.4, -0.2) is 30.1 Å². The Morgan fingerprint density at radius 2 is 1.82 bits per heavy atom. The maximum atomic E-state index is 13.4. The van der Waals surface area contributed by atoms with Gasteiger partial charge in [-0.25, -0.2) is 4.79 Å². The van der Waals surface area contributed by atoms with Crippen LogP contribution in [0.5, 0.6) is 0 Å². The molecule has 0 saturated heterocycles. The van der Waals surface area contributed by atoms with E-state index in [0.717, 1.165) is 22.9 Å². The van der Waals surface area contributed by atoms with Gasteiger partial charge >= 0.3 is 5.97 Å². The molecule has 0 bridgehead atoms. The number of amides is 1. The molecule has 4 rings (SSSR count). The number of hydrogen-bond acceptors (Lipinski definition) is 4. The van der Waals surface area contributed by atoms with Crippen LogP contribution in [0.4, 0.5) is 0 Å². The molecule has 1 saturated carbocycles. The van der Waals surface area contributed by atoms with Crippen molar-refractivity contribution in [2.75, 3.05) is 13.7 Å². The van der Waals surface area contributed by atoms with E-state index in [9.17, 15) is 14.4 Å². The topological polar surface area (TPSA) is 77.4 Å². The summed E-state index contributed by atoms with van der Waals surface area (Å²) >= 11 is 3.48. The Morgan fingerprint density at radius 3 is 2.52 bits per heavy atom. The summed E-state index contributed by atoms with van der Waals surface area (Å²) in [6.07, 6.45) is 5.08. The van der Waals surface area contributed by atoms with Gasteiger partial charge in [-0.2, -0.15) is 0 Å². The number of carbonyl (C=O) groups is 2. The Hall–Kier alpha value is -2.93. The number of nitrogens with one attached hydrogen (secondary N) is 1. The fourth-order valence-corrected chi connectivity index (χ4v) is 5.06. The SMILES string of the molecule is COC(=O)c1c(-c2ccccc2)c2cc(Br)ccc2c(=O)n1CCNC(=O)CC1CCCC1. The first-order chi connectivity index (χ1) is 16.0. The summed E-state index contributed by atoms with van der Waals surface area (Å²) in [6.45, 7) is 0.428. The second-order valence-electron chi connectivity index (χ2n) is 8.43. The molecule has 0 radical (unpaired) electrons. The highest BCUT2D eigenvalue weighted by Crippen LogP contribution is 2.33. The van der Waals surface area contributed by atoms with Gasteiger partial charge < -0.3 is 10.1 Å². The van der Waals surface area contributed by atoms with Gasteiger partial charge in [0, 0.05) is 34.9 Å². The number of hydrogen-bond donors (Lipinski definition) is 1. The predicted octanol–water partition coefficient (Wildman–Crippen LogP) is 4.91. The molecule has 0 spiro atoms. The lowest BCUT2D eigenvalue weighted by Crippen LogP contribution is -2.34. The number of pyridine rings is 1. The second-order valence-corrected chi connectivity index (χ2v) is 9.35. The molecule has 0 atom stereocenters. The van der Waals surface area contributed by atoms with Gasteiger partial charge in [0.05, 0.1) is 7.11 Å². The zero-order valence-corrected chi connectivity index (χ0v) is 20.2. The lowest BCUT2D eigenvalue weighted by molar-refractivity contribution is -0.122. The van der Waals surface area contributed by atoms with Gasteiger partial charge in [-0.3, -0.25) is 14.2 Å². The highest BCUT2D eigenvalue weighted by Gasteiger charge is 2.24. The van der Waals surface area contributed by atoms with E-state index in [-0.39, 0.29) is 30.2 Å². The molecule has 3 aromatic rings. The number of esters is 1. The van der Waals surface area contributed by atoms with Crippen molar-refractivity contribution in [2.24, 2.45) is 5.92 Å². The first-order valence-electron chi connectivity index (χ1n) is 11.3. The van der Waals surface area contributed by atoms with Gasteiger partial charge in [-0.15, -0.1) is 0 Å². The predicted molar refractivity (Wildman–Crippen MR) is 132 cm³/mol. The van der Waals surface area contributed by atoms with Crippen LogP contribution < -0.4 is 10.9 Å². The summed E-state index contributed by atoms with van der Waals surface area (Å²) in [5.41, 5.74) is 1.34. The average molecular weight is 511 g/mol. The molecule has 0 unspecified atom stereocenters. The number of methoxy groups -OCH3 is 1. The summed E-state index contributed by atoms with van der Waals surface area (Å²) in [6, 6.07) is 14.9. The van der Waals surface area contributed by atoms with Gasteiger partial charge in [-0.05, 0) is 47.9 Å². The normalized spacial score (nSPS) is 13.9. The lowest BCUT2D eigenvalue weighted by atomic mass is 9.96. The summed E-state index contributed by atoms with van der Waals surface area (Å²) < 4.78 is 7.33. The summed E-state index contributed by atoms with van der Waals surface area (Å²) in [4.78, 5) is 38.8. The molecule has 1 aliphatic rings. The monoisotopic (exact) mass is 510 g/mol. The van der Waals surface area contributed by atoms with Crippen molar-refractivity contribution in [3.05, 3.63) is 69.1 Å². The van der Waals surface area contributed by atoms with E-state index in [1.54, 1.807) is 6.07 Å². The molecule has 7 heteroatoms. The molecule has 33 heavy (non-hydrogen) atoms. The number of nitrogens with zero attached hydrogens (tertiary/aromatic N) is 1. The second kappa shape index (κ2) is 10.3. The van der Waals surface area contributed by atoms with Crippen LogP contribution >= 0.6 is 15.9 Å². The summed E-state index contributed by atoms with van der Waals surface area (Å²) in [5.74, 6) is -0.158. The smallest absolute Gasteiger partial charge is 0.355 e. The van der Waals surface area contributed by atoms with Crippen LogP contribution in [0.2, 0.25) is 0 Å². The molecule has 6 nitrogen and oxygen atoms in total. The van der Waals surface area contributed by atoms with E-state index in [0.29, 0.717) is 28.7 Å². The molecule has 1 aliphatic carbocycles. The minimum absolute atomic E-state index is 0.0115. The Kier molecular flexibility index (Phi) is 7.28. The number of rotatable bonds is 7. The third kappa shape index (κ3) is 5.03. The van der Waals surface area contributed by atoms with Crippen LogP contribution in [0, 0.1) is 5.92 Å². The maximum absolute atomic E-state index is 13.4. The van der Waals surface area contributed by atoms with Crippen molar-refractivity contribution in [3.63, 3.8) is 0 Å². The van der Waals surface area contributed by atoms with Crippen molar-refractivity contribution in [3.8, 4) is 11.1 Å². The maximum Gasteiger partial charge on any atom is 0.355 e. The zero-order valence-electron chi connectivity index (χ0n) is 18.6. The Morgan fingerprint density at radius 1 is 1.09 bits per heavy atom. The molecular formula is C26H27BrN2O4. The van der Waals surface area contributed by atoms with E-state index >= 15 is 0 Å². The first-order valence-corrected chi connectivity index (χ1v) is 12.1. The molecule has 1 fully saturated rings. The lowest BCUT2D eigenvalue weighted by Gasteiger charge is -2.19. The standard InChI is InChI=1S/C26H27BrN2O4/c1-33-26(32)24-23(18-9-3-2-4-10-18)21-16-19(27)11-12-20(21)25(31)29(24)14-13-28-22(30)15-17-7-5-6-8-17/h2-4,9-12,16-17H,5-8,13-15H2,1H3,(H,28,30). The van der Waals surface area contributed by atoms with E-state index in [1.807, 2.05) is 42.5 Å². The fourth-order valence-electron chi connectivity index (χ4n) is 4.69. The molecule has 0 aliphatic heterocycles. The van der Waals surface area contributed by atoms with Crippen molar-refractivity contribution < 1.29 is 14.3 Å². The van der Waals surface area contributed by atoms with Gasteiger partial charge in [0.15, 0.2) is 0 Å². The van der Waals surface area contributed by atoms with Crippen molar-refractivity contribution >= 4 is 38.6 Å². The zero-order chi connectivity index (χ0) is 23.4. The van der Waals surface area contributed by atoms with Gasteiger partial charge in [0.1, 0.15) is 5.69 Å². The number of ether oxygens (including phenoxy) is 1. The minimum atomic E-state index is -0.592. The molecule has 1 aromatic heterocycles. The minimum Gasteiger partial charge on any atom is -0.464 e. The Balaban J connectivity index is 1.75. The van der Waals surface area contributed by atoms with E-state index < -0.39 is 5.97 Å². The third-order valence-corrected chi connectivity index (χ3v) is 6.77. The number of benzene rings is 2. The van der Waals surface area contributed by atoms with E-state index in [4.69, 9.17) is 4.74 Å². The third-order valence-electron chi connectivity index (χ3n) is 6.28. The van der Waals surface area contributed by atoms with Crippen molar-refractivity contribution in [2.45, 2.75) is 38.6 Å². The molecule has 1 amide bonds. The van der Waals surface area contributed by atoms with E-state index in [1.165, 1.54) is 24.5 Å². The number of carbonyl (C=O) groups excluding carboxylic acids is 2. The largest absolute Gasteiger partial charge is 0.464 e. The quantitative estimate of drug-likeness (QED) is 0.458. The van der Waals surface area contributed by atoms with Crippen LogP contribution in [0.1, 0.15) is 42.6 Å². The summed E-state index contributed by atoms with van der Waals surface area (Å²) in [7, 11) is 1.31. The van der Waals surface area contributed by atoms with Crippen LogP contribution in [0.15, 0.2) is 57.8 Å². The fraction of sp³-hybridized carbons (Fsp3) is 0.346. The van der Waals surface area contributed by atoms with Gasteiger partial charge in [0.25, 0.3) is 5.56 Å². The average Bonchev–Trinajstić information content (AvgIpc) is 3.33. The molecular weight excluding hydrogens is 484 g/mol. The Labute approximate surface area is 201 Å². The van der Waals surface area contributed by atoms with Gasteiger partial charge in [0.2, 0.25) is 5.91 Å². The molecule has 1 heterocycles. The van der Waals surface area contributed by atoms with Crippen molar-refractivity contribution in [1.82, 2.24) is 9.88 Å².